The highest BCUT2D eigenvalue weighted by atomic mass is 16.6. The minimum Gasteiger partial charge on any atom is -0.504 e. The number of nitrogens with zero attached hydrogens (tertiary/aromatic N) is 1. The van der Waals surface area contributed by atoms with Gasteiger partial charge in [-0.15, -0.1) is 0 Å². The lowest BCUT2D eigenvalue weighted by molar-refractivity contribution is -0.148. The van der Waals surface area contributed by atoms with E-state index in [4.69, 9.17) is 19.2 Å². The highest BCUT2D eigenvalue weighted by Gasteiger charge is 2.46. The van der Waals surface area contributed by atoms with E-state index in [0.717, 1.165) is 5.70 Å². The van der Waals surface area contributed by atoms with Crippen LogP contribution < -0.4 is 4.74 Å². The van der Waals surface area contributed by atoms with Crippen LogP contribution in [0.4, 0.5) is 0 Å². The third-order valence-corrected chi connectivity index (χ3v) is 5.88. The number of Topliss-reactive ketones (excluding diaryl/α,β-unsaturated/α-hetero) is 1. The number of carbonyl (C=O) groups excluding carboxylic acids is 2. The van der Waals surface area contributed by atoms with Crippen molar-refractivity contribution in [2.75, 3.05) is 26.4 Å². The molecule has 1 aromatic rings. The molecule has 3 rings (SSSR count). The molecule has 0 radical (unpaired) electrons. The Hall–Kier alpha value is -2.67. The van der Waals surface area contributed by atoms with Crippen molar-refractivity contribution in [3.63, 3.8) is 0 Å². The van der Waals surface area contributed by atoms with Crippen molar-refractivity contribution >= 4 is 17.5 Å². The molecule has 1 aliphatic carbocycles. The predicted octanol–water partition coefficient (Wildman–Crippen LogP) is 4.19. The van der Waals surface area contributed by atoms with Gasteiger partial charge in [0.2, 0.25) is 0 Å². The van der Waals surface area contributed by atoms with Crippen molar-refractivity contribution in [1.82, 2.24) is 0 Å². The first-order valence-corrected chi connectivity index (χ1v) is 11.2. The normalized spacial score (nSPS) is 22.3. The molecule has 1 aromatic carbocycles. The number of aromatic hydroxyl groups is 1. The molecule has 1 unspecified atom stereocenters. The van der Waals surface area contributed by atoms with Crippen LogP contribution in [0.5, 0.6) is 11.5 Å². The Morgan fingerprint density at radius 3 is 2.62 bits per heavy atom. The number of hydrogen-bond acceptors (Lipinski definition) is 7. The summed E-state index contributed by atoms with van der Waals surface area (Å²) in [5.41, 5.74) is 2.44. The van der Waals surface area contributed by atoms with Crippen molar-refractivity contribution in [3.8, 4) is 11.5 Å². The molecule has 0 aromatic heterocycles. The molecular weight excluding hydrogens is 410 g/mol. The van der Waals surface area contributed by atoms with Crippen LogP contribution in [0.15, 0.2) is 34.5 Å². The van der Waals surface area contributed by atoms with E-state index in [0.29, 0.717) is 55.3 Å². The van der Waals surface area contributed by atoms with Gasteiger partial charge in [0.1, 0.15) is 12.5 Å². The zero-order valence-electron chi connectivity index (χ0n) is 19.6. The maximum absolute atomic E-state index is 13.3. The molecule has 1 aliphatic heterocycles. The summed E-state index contributed by atoms with van der Waals surface area (Å²) in [5, 5.41) is 10.2. The Morgan fingerprint density at radius 2 is 1.94 bits per heavy atom. The van der Waals surface area contributed by atoms with E-state index >= 15 is 0 Å². The van der Waals surface area contributed by atoms with E-state index in [9.17, 15) is 14.7 Å². The number of aliphatic imine (C=N–C) groups is 1. The second-order valence-corrected chi connectivity index (χ2v) is 9.03. The van der Waals surface area contributed by atoms with Crippen LogP contribution in [-0.4, -0.2) is 49.0 Å². The van der Waals surface area contributed by atoms with Crippen LogP contribution in [0.3, 0.4) is 0 Å². The van der Waals surface area contributed by atoms with Crippen molar-refractivity contribution in [2.45, 2.75) is 53.4 Å². The Balaban J connectivity index is 2.06. The Kier molecular flexibility index (Phi) is 7.39. The first kappa shape index (κ1) is 24.0. The predicted molar refractivity (Wildman–Crippen MR) is 121 cm³/mol. The molecule has 7 heteroatoms. The average Bonchev–Trinajstić information content (AvgIpc) is 2.71. The molecule has 0 saturated carbocycles. The van der Waals surface area contributed by atoms with Gasteiger partial charge in [0.15, 0.2) is 17.3 Å². The van der Waals surface area contributed by atoms with Crippen LogP contribution in [0.2, 0.25) is 0 Å². The third-order valence-electron chi connectivity index (χ3n) is 5.88. The van der Waals surface area contributed by atoms with Gasteiger partial charge >= 0.3 is 5.97 Å². The van der Waals surface area contributed by atoms with Crippen LogP contribution in [0.1, 0.15) is 58.9 Å². The van der Waals surface area contributed by atoms with Gasteiger partial charge in [-0.2, -0.15) is 0 Å². The summed E-state index contributed by atoms with van der Waals surface area (Å²) in [5.74, 6) is -1.40. The van der Waals surface area contributed by atoms with Crippen molar-refractivity contribution in [3.05, 3.63) is 35.0 Å². The highest BCUT2D eigenvalue weighted by molar-refractivity contribution is 6.09. The maximum Gasteiger partial charge on any atom is 0.315 e. The number of allylic oxidation sites excluding steroid dienone is 2. The first-order chi connectivity index (χ1) is 15.2. The summed E-state index contributed by atoms with van der Waals surface area (Å²) in [6, 6.07) is 4.98. The zero-order valence-corrected chi connectivity index (χ0v) is 19.6. The summed E-state index contributed by atoms with van der Waals surface area (Å²) < 4.78 is 16.3. The number of benzene rings is 1. The number of hydrogen-bond donors (Lipinski definition) is 1. The molecule has 2 aliphatic rings. The molecule has 0 amide bonds. The second-order valence-electron chi connectivity index (χ2n) is 9.03. The molecule has 0 spiro atoms. The SMILES string of the molecule is CCOCCOC(=O)C1C(C)=NC2=C(C(=O)CC(C)(C)C2)[C@H]1c1ccc(O)c(OCC)c1. The molecule has 7 nitrogen and oxygen atoms in total. The fourth-order valence-electron chi connectivity index (χ4n) is 4.54. The molecule has 1 heterocycles. The number of carbonyl (C=O) groups is 2. The summed E-state index contributed by atoms with van der Waals surface area (Å²) in [7, 11) is 0. The molecule has 1 N–H and O–H groups in total. The Labute approximate surface area is 189 Å². The van der Waals surface area contributed by atoms with Gasteiger partial charge in [0, 0.05) is 35.9 Å². The van der Waals surface area contributed by atoms with E-state index in [1.54, 1.807) is 19.1 Å². The molecule has 0 fully saturated rings. The molecule has 32 heavy (non-hydrogen) atoms. The smallest absolute Gasteiger partial charge is 0.315 e. The van der Waals surface area contributed by atoms with Crippen LogP contribution in [-0.2, 0) is 19.1 Å². The van der Waals surface area contributed by atoms with Gasteiger partial charge in [0.05, 0.1) is 13.2 Å². The topological polar surface area (TPSA) is 94.4 Å². The van der Waals surface area contributed by atoms with E-state index in [1.807, 2.05) is 13.8 Å². The molecule has 2 atom stereocenters. The monoisotopic (exact) mass is 443 g/mol. The minimum atomic E-state index is -0.737. The standard InChI is InChI=1S/C25H33NO6/c1-6-30-10-11-32-24(29)21-15(3)26-17-13-25(4,5)14-19(28)23(17)22(21)16-8-9-18(27)20(12-16)31-7-2/h8-9,12,21-22,27H,6-7,10-11,13-14H2,1-5H3/t21?,22-/m0/s1. The van der Waals surface area contributed by atoms with E-state index < -0.39 is 17.8 Å². The number of ketones is 1. The third kappa shape index (κ3) is 5.04. The lowest BCUT2D eigenvalue weighted by Gasteiger charge is -2.39. The first-order valence-electron chi connectivity index (χ1n) is 11.2. The quantitative estimate of drug-likeness (QED) is 0.478. The number of esters is 1. The summed E-state index contributed by atoms with van der Waals surface area (Å²) >= 11 is 0. The minimum absolute atomic E-state index is 0.00403. The zero-order chi connectivity index (χ0) is 23.5. The number of ether oxygens (including phenoxy) is 3. The van der Waals surface area contributed by atoms with E-state index in [2.05, 4.69) is 13.8 Å². The maximum atomic E-state index is 13.3. The van der Waals surface area contributed by atoms with Crippen LogP contribution in [0.25, 0.3) is 0 Å². The summed E-state index contributed by atoms with van der Waals surface area (Å²) in [6.07, 6.45) is 1.05. The van der Waals surface area contributed by atoms with Crippen molar-refractivity contribution in [1.29, 1.82) is 0 Å². The van der Waals surface area contributed by atoms with Gasteiger partial charge in [-0.1, -0.05) is 19.9 Å². The van der Waals surface area contributed by atoms with Gasteiger partial charge < -0.3 is 19.3 Å². The highest BCUT2D eigenvalue weighted by Crippen LogP contribution is 2.48. The van der Waals surface area contributed by atoms with Gasteiger partial charge in [-0.3, -0.25) is 14.6 Å². The molecule has 0 saturated heterocycles. The van der Waals surface area contributed by atoms with Crippen LogP contribution >= 0.6 is 0 Å². The molecule has 0 bridgehead atoms. The van der Waals surface area contributed by atoms with E-state index in [-0.39, 0.29) is 23.6 Å². The number of phenolic OH excluding ortho intramolecular Hbond substituents is 1. The van der Waals surface area contributed by atoms with E-state index in [1.165, 1.54) is 6.07 Å². The van der Waals surface area contributed by atoms with Crippen LogP contribution in [0, 0.1) is 11.3 Å². The van der Waals surface area contributed by atoms with Gasteiger partial charge in [-0.05, 0) is 50.3 Å². The fourth-order valence-corrected chi connectivity index (χ4v) is 4.54. The lowest BCUT2D eigenvalue weighted by atomic mass is 9.67. The van der Waals surface area contributed by atoms with Gasteiger partial charge in [0.25, 0.3) is 0 Å². The Bertz CT molecular complexity index is 946. The second kappa shape index (κ2) is 9.86. The molecule has 174 valence electrons. The fraction of sp³-hybridized carbons (Fsp3) is 0.560. The summed E-state index contributed by atoms with van der Waals surface area (Å²) in [4.78, 5) is 31.2. The number of phenols is 1. The van der Waals surface area contributed by atoms with Crippen molar-refractivity contribution in [2.24, 2.45) is 16.3 Å². The number of rotatable bonds is 8. The summed E-state index contributed by atoms with van der Waals surface area (Å²) in [6.45, 7) is 11.0. The molecular formula is C25H33NO6. The van der Waals surface area contributed by atoms with Gasteiger partial charge in [-0.25, -0.2) is 0 Å². The average molecular weight is 444 g/mol. The lowest BCUT2D eigenvalue weighted by Crippen LogP contribution is -2.39. The van der Waals surface area contributed by atoms with Crippen molar-refractivity contribution < 1.29 is 28.9 Å². The largest absolute Gasteiger partial charge is 0.504 e. The Morgan fingerprint density at radius 1 is 1.19 bits per heavy atom.